The summed E-state index contributed by atoms with van der Waals surface area (Å²) in [4.78, 5) is 24.6. The van der Waals surface area contributed by atoms with Crippen molar-refractivity contribution in [2.75, 3.05) is 18.2 Å². The van der Waals surface area contributed by atoms with Crippen molar-refractivity contribution >= 4 is 38.7 Å². The molecular weight excluding hydrogens is 350 g/mol. The summed E-state index contributed by atoms with van der Waals surface area (Å²) in [7, 11) is -3.47. The van der Waals surface area contributed by atoms with Gasteiger partial charge in [0.05, 0.1) is 17.0 Å². The Morgan fingerprint density at radius 1 is 1.17 bits per heavy atom. The first-order chi connectivity index (χ1) is 11.4. The Morgan fingerprint density at radius 3 is 2.58 bits per heavy atom. The minimum atomic E-state index is -3.47. The summed E-state index contributed by atoms with van der Waals surface area (Å²) in [5, 5.41) is 4.37. The number of benzene rings is 1. The molecule has 2 aromatic rings. The highest BCUT2D eigenvalue weighted by atomic mass is 32.2. The van der Waals surface area contributed by atoms with E-state index in [-0.39, 0.29) is 17.0 Å². The number of hydrogen-bond donors (Lipinski definition) is 1. The largest absolute Gasteiger partial charge is 0.456 e. The van der Waals surface area contributed by atoms with Crippen LogP contribution in [-0.4, -0.2) is 33.2 Å². The van der Waals surface area contributed by atoms with E-state index in [4.69, 9.17) is 4.74 Å². The molecule has 128 valence electrons. The molecule has 0 saturated carbocycles. The summed E-state index contributed by atoms with van der Waals surface area (Å²) in [6, 6.07) is 9.88. The van der Waals surface area contributed by atoms with Crippen LogP contribution in [0.2, 0.25) is 0 Å². The lowest BCUT2D eigenvalue weighted by molar-refractivity contribution is -0.147. The topological polar surface area (TPSA) is 89.5 Å². The Balaban J connectivity index is 1.84. The van der Waals surface area contributed by atoms with Crippen molar-refractivity contribution in [3.05, 3.63) is 46.7 Å². The molecule has 0 aliphatic heterocycles. The fraction of sp³-hybridized carbons (Fsp3) is 0.250. The first-order valence-electron chi connectivity index (χ1n) is 7.13. The summed E-state index contributed by atoms with van der Waals surface area (Å²) < 4.78 is 28.2. The van der Waals surface area contributed by atoms with Crippen LogP contribution in [-0.2, 0) is 30.6 Å². The van der Waals surface area contributed by atoms with Crippen molar-refractivity contribution < 1.29 is 22.7 Å². The van der Waals surface area contributed by atoms with Gasteiger partial charge >= 0.3 is 5.97 Å². The van der Waals surface area contributed by atoms with Crippen LogP contribution in [0.3, 0.4) is 0 Å². The summed E-state index contributed by atoms with van der Waals surface area (Å²) in [6.45, 7) is -0.457. The zero-order valence-corrected chi connectivity index (χ0v) is 14.7. The van der Waals surface area contributed by atoms with Gasteiger partial charge in [-0.3, -0.25) is 9.59 Å². The van der Waals surface area contributed by atoms with Crippen LogP contribution in [0.5, 0.6) is 0 Å². The quantitative estimate of drug-likeness (QED) is 0.758. The van der Waals surface area contributed by atoms with Crippen LogP contribution in [0.4, 0.5) is 5.69 Å². The molecule has 24 heavy (non-hydrogen) atoms. The number of carbonyl (C=O) groups is 2. The van der Waals surface area contributed by atoms with E-state index < -0.39 is 28.3 Å². The van der Waals surface area contributed by atoms with Crippen LogP contribution in [0.25, 0.3) is 0 Å². The van der Waals surface area contributed by atoms with Crippen LogP contribution in [0.15, 0.2) is 46.7 Å². The highest BCUT2D eigenvalue weighted by Gasteiger charge is 2.15. The van der Waals surface area contributed by atoms with E-state index in [2.05, 4.69) is 5.32 Å². The van der Waals surface area contributed by atoms with Crippen molar-refractivity contribution in [3.63, 3.8) is 0 Å². The summed E-state index contributed by atoms with van der Waals surface area (Å²) in [6.07, 6.45) is 1.81. The van der Waals surface area contributed by atoms with Crippen molar-refractivity contribution in [3.8, 4) is 0 Å². The molecule has 0 aliphatic carbocycles. The number of anilines is 1. The lowest BCUT2D eigenvalue weighted by Crippen LogP contribution is -2.22. The zero-order chi connectivity index (χ0) is 17.6. The number of para-hydroxylation sites is 1. The molecule has 1 aromatic carbocycles. The van der Waals surface area contributed by atoms with E-state index in [9.17, 15) is 18.0 Å². The fourth-order valence-corrected chi connectivity index (χ4v) is 3.53. The number of thiophene rings is 1. The number of amides is 1. The normalized spacial score (nSPS) is 11.0. The van der Waals surface area contributed by atoms with E-state index in [0.717, 1.165) is 11.1 Å². The molecule has 0 radical (unpaired) electrons. The van der Waals surface area contributed by atoms with Gasteiger partial charge in [-0.15, -0.1) is 11.3 Å². The van der Waals surface area contributed by atoms with Crippen molar-refractivity contribution in [2.45, 2.75) is 17.7 Å². The molecule has 0 fully saturated rings. The maximum Gasteiger partial charge on any atom is 0.306 e. The fourth-order valence-electron chi connectivity index (χ4n) is 1.98. The number of nitrogens with one attached hydrogen (secondary N) is 1. The summed E-state index contributed by atoms with van der Waals surface area (Å²) in [5.74, 6) is -1.06. The maximum absolute atomic E-state index is 11.8. The Bertz CT molecular complexity index is 813. The van der Waals surface area contributed by atoms with Gasteiger partial charge in [0, 0.05) is 11.1 Å². The van der Waals surface area contributed by atoms with Gasteiger partial charge in [0.15, 0.2) is 16.4 Å². The number of aryl methyl sites for hydroxylation is 1. The summed E-state index contributed by atoms with van der Waals surface area (Å²) in [5.41, 5.74) is 0.166. The monoisotopic (exact) mass is 367 g/mol. The molecule has 6 nitrogen and oxygen atoms in total. The van der Waals surface area contributed by atoms with Crippen LogP contribution in [0, 0.1) is 0 Å². The number of sulfone groups is 1. The van der Waals surface area contributed by atoms with E-state index in [0.29, 0.717) is 6.42 Å². The number of rotatable bonds is 7. The second-order valence-electron chi connectivity index (χ2n) is 5.06. The van der Waals surface area contributed by atoms with Gasteiger partial charge in [0.1, 0.15) is 0 Å². The van der Waals surface area contributed by atoms with E-state index in [1.54, 1.807) is 23.5 Å². The van der Waals surface area contributed by atoms with Gasteiger partial charge in [-0.05, 0) is 30.0 Å². The minimum absolute atomic E-state index is 0.0161. The first kappa shape index (κ1) is 18.2. The second kappa shape index (κ2) is 8.07. The molecule has 0 spiro atoms. The third-order valence-electron chi connectivity index (χ3n) is 3.08. The highest BCUT2D eigenvalue weighted by Crippen LogP contribution is 2.20. The average Bonchev–Trinajstić information content (AvgIpc) is 3.04. The number of esters is 1. The number of carbonyl (C=O) groups excluding carboxylic acids is 2. The predicted molar refractivity (Wildman–Crippen MR) is 91.8 cm³/mol. The van der Waals surface area contributed by atoms with E-state index in [1.807, 2.05) is 17.5 Å². The van der Waals surface area contributed by atoms with Gasteiger partial charge in [0.25, 0.3) is 5.91 Å². The molecule has 0 atom stereocenters. The van der Waals surface area contributed by atoms with Crippen LogP contribution >= 0.6 is 11.3 Å². The molecule has 8 heteroatoms. The molecule has 1 heterocycles. The maximum atomic E-state index is 11.8. The smallest absolute Gasteiger partial charge is 0.306 e. The lowest BCUT2D eigenvalue weighted by Gasteiger charge is -2.10. The van der Waals surface area contributed by atoms with Crippen molar-refractivity contribution in [2.24, 2.45) is 0 Å². The van der Waals surface area contributed by atoms with Gasteiger partial charge in [-0.1, -0.05) is 18.2 Å². The second-order valence-corrected chi connectivity index (χ2v) is 8.07. The zero-order valence-electron chi connectivity index (χ0n) is 13.0. The molecule has 0 unspecified atom stereocenters. The predicted octanol–water partition coefficient (Wildman–Crippen LogP) is 2.27. The Morgan fingerprint density at radius 2 is 1.92 bits per heavy atom. The van der Waals surface area contributed by atoms with E-state index in [1.165, 1.54) is 12.1 Å². The third-order valence-corrected chi connectivity index (χ3v) is 5.17. The Kier molecular flexibility index (Phi) is 6.10. The lowest BCUT2D eigenvalue weighted by atomic mass is 10.3. The van der Waals surface area contributed by atoms with Crippen LogP contribution < -0.4 is 5.32 Å². The highest BCUT2D eigenvalue weighted by molar-refractivity contribution is 7.90. The van der Waals surface area contributed by atoms with Crippen molar-refractivity contribution in [1.82, 2.24) is 0 Å². The first-order valence-corrected chi connectivity index (χ1v) is 9.90. The van der Waals surface area contributed by atoms with Crippen LogP contribution in [0.1, 0.15) is 11.3 Å². The standard InChI is InChI=1S/C16H17NO5S2/c1-24(20,21)14-7-3-2-6-13(14)17-15(18)11-22-16(19)9-8-12-5-4-10-23-12/h2-7,10H,8-9,11H2,1H3,(H,17,18). The molecule has 1 amide bonds. The average molecular weight is 367 g/mol. The molecule has 0 saturated heterocycles. The summed E-state index contributed by atoms with van der Waals surface area (Å²) >= 11 is 1.55. The van der Waals surface area contributed by atoms with Crippen molar-refractivity contribution in [1.29, 1.82) is 0 Å². The molecular formula is C16H17NO5S2. The van der Waals surface area contributed by atoms with Gasteiger partial charge in [-0.2, -0.15) is 0 Å². The van der Waals surface area contributed by atoms with Gasteiger partial charge in [0.2, 0.25) is 0 Å². The molecule has 0 bridgehead atoms. The number of ether oxygens (including phenoxy) is 1. The Labute approximate surface area is 144 Å². The SMILES string of the molecule is CS(=O)(=O)c1ccccc1NC(=O)COC(=O)CCc1cccs1. The van der Waals surface area contributed by atoms with E-state index >= 15 is 0 Å². The van der Waals surface area contributed by atoms with Gasteiger partial charge in [-0.25, -0.2) is 8.42 Å². The molecule has 1 aromatic heterocycles. The third kappa shape index (κ3) is 5.47. The minimum Gasteiger partial charge on any atom is -0.456 e. The number of hydrogen-bond acceptors (Lipinski definition) is 6. The molecule has 2 rings (SSSR count). The Hall–Kier alpha value is -2.19. The molecule has 1 N–H and O–H groups in total. The molecule has 0 aliphatic rings. The van der Waals surface area contributed by atoms with Gasteiger partial charge < -0.3 is 10.1 Å².